The number of benzene rings is 2. The number of methoxy groups -OCH3 is 1. The smallest absolute Gasteiger partial charge is 0.275 e. The van der Waals surface area contributed by atoms with Gasteiger partial charge in [0.2, 0.25) is 0 Å². The molecule has 2 heterocycles. The van der Waals surface area contributed by atoms with Crippen molar-refractivity contribution < 1.29 is 9.47 Å². The zero-order valence-electron chi connectivity index (χ0n) is 18.0. The lowest BCUT2D eigenvalue weighted by Gasteiger charge is -2.10. The van der Waals surface area contributed by atoms with Gasteiger partial charge in [0.25, 0.3) is 5.56 Å². The molecule has 2 aromatic carbocycles. The second-order valence-corrected chi connectivity index (χ2v) is 7.57. The van der Waals surface area contributed by atoms with Crippen molar-refractivity contribution in [3.8, 4) is 28.3 Å². The van der Waals surface area contributed by atoms with E-state index in [1.165, 1.54) is 6.33 Å². The molecule has 0 atom stereocenters. The van der Waals surface area contributed by atoms with Crippen LogP contribution in [0.4, 0.5) is 0 Å². The van der Waals surface area contributed by atoms with Crippen molar-refractivity contribution in [2.24, 2.45) is 0 Å². The Hall–Kier alpha value is -3.58. The van der Waals surface area contributed by atoms with Gasteiger partial charge in [0, 0.05) is 24.0 Å². The Kier molecular flexibility index (Phi) is 6.04. The SMILES string of the molecule is COc1ccc(-n2cc(-c3ccc(OCCCN(C)C)cc3)c3nc[nH]c(=O)c32)cc1. The molecule has 4 rings (SSSR count). The summed E-state index contributed by atoms with van der Waals surface area (Å²) in [7, 11) is 5.73. The van der Waals surface area contributed by atoms with E-state index in [1.807, 2.05) is 59.3 Å². The molecular formula is C24H26N4O3. The Morgan fingerprint density at radius 3 is 2.42 bits per heavy atom. The van der Waals surface area contributed by atoms with E-state index < -0.39 is 0 Å². The molecule has 0 aliphatic heterocycles. The van der Waals surface area contributed by atoms with Crippen LogP contribution in [0.3, 0.4) is 0 Å². The van der Waals surface area contributed by atoms with Gasteiger partial charge in [0.05, 0.1) is 20.0 Å². The third kappa shape index (κ3) is 4.46. The molecule has 0 radical (unpaired) electrons. The number of rotatable bonds is 8. The Labute approximate surface area is 180 Å². The molecule has 4 aromatic rings. The predicted molar refractivity (Wildman–Crippen MR) is 122 cm³/mol. The summed E-state index contributed by atoms with van der Waals surface area (Å²) < 4.78 is 12.9. The van der Waals surface area contributed by atoms with Crippen LogP contribution in [-0.2, 0) is 0 Å². The third-order valence-electron chi connectivity index (χ3n) is 5.12. The van der Waals surface area contributed by atoms with E-state index in [2.05, 4.69) is 29.0 Å². The molecule has 2 aromatic heterocycles. The topological polar surface area (TPSA) is 72.4 Å². The van der Waals surface area contributed by atoms with Crippen LogP contribution in [0, 0.1) is 0 Å². The normalized spacial score (nSPS) is 11.2. The minimum absolute atomic E-state index is 0.187. The van der Waals surface area contributed by atoms with Crippen LogP contribution in [0.1, 0.15) is 6.42 Å². The van der Waals surface area contributed by atoms with Gasteiger partial charge in [0.1, 0.15) is 22.5 Å². The monoisotopic (exact) mass is 418 g/mol. The number of hydrogen-bond donors (Lipinski definition) is 1. The average Bonchev–Trinajstić information content (AvgIpc) is 3.18. The van der Waals surface area contributed by atoms with Crippen LogP contribution in [-0.4, -0.2) is 53.8 Å². The molecule has 0 spiro atoms. The molecular weight excluding hydrogens is 392 g/mol. The molecule has 0 saturated carbocycles. The lowest BCUT2D eigenvalue weighted by Crippen LogP contribution is -2.15. The number of aromatic nitrogens is 3. The molecule has 1 N–H and O–H groups in total. The van der Waals surface area contributed by atoms with Gasteiger partial charge in [0.15, 0.2) is 0 Å². The van der Waals surface area contributed by atoms with Crippen LogP contribution >= 0.6 is 0 Å². The number of ether oxygens (including phenoxy) is 2. The van der Waals surface area contributed by atoms with Gasteiger partial charge in [-0.3, -0.25) is 4.79 Å². The minimum Gasteiger partial charge on any atom is -0.497 e. The number of fused-ring (bicyclic) bond motifs is 1. The zero-order chi connectivity index (χ0) is 21.8. The zero-order valence-corrected chi connectivity index (χ0v) is 18.0. The van der Waals surface area contributed by atoms with Crippen molar-refractivity contribution in [3.05, 3.63) is 71.4 Å². The Morgan fingerprint density at radius 2 is 1.74 bits per heavy atom. The van der Waals surface area contributed by atoms with E-state index in [0.29, 0.717) is 17.6 Å². The highest BCUT2D eigenvalue weighted by Gasteiger charge is 2.16. The van der Waals surface area contributed by atoms with Crippen LogP contribution in [0.25, 0.3) is 27.8 Å². The Morgan fingerprint density at radius 1 is 1.03 bits per heavy atom. The highest BCUT2D eigenvalue weighted by atomic mass is 16.5. The summed E-state index contributed by atoms with van der Waals surface area (Å²) in [4.78, 5) is 21.9. The highest BCUT2D eigenvalue weighted by Crippen LogP contribution is 2.31. The molecule has 0 unspecified atom stereocenters. The summed E-state index contributed by atoms with van der Waals surface area (Å²) in [6.07, 6.45) is 4.35. The summed E-state index contributed by atoms with van der Waals surface area (Å²) in [5.41, 5.74) is 3.68. The second-order valence-electron chi connectivity index (χ2n) is 7.57. The van der Waals surface area contributed by atoms with Gasteiger partial charge >= 0.3 is 0 Å². The first-order valence-corrected chi connectivity index (χ1v) is 10.2. The maximum Gasteiger partial charge on any atom is 0.275 e. The number of nitrogens with zero attached hydrogens (tertiary/aromatic N) is 3. The predicted octanol–water partition coefficient (Wildman–Crippen LogP) is 3.72. The first-order valence-electron chi connectivity index (χ1n) is 10.2. The van der Waals surface area contributed by atoms with Crippen molar-refractivity contribution in [2.45, 2.75) is 6.42 Å². The molecule has 0 amide bonds. The fourth-order valence-corrected chi connectivity index (χ4v) is 3.53. The van der Waals surface area contributed by atoms with E-state index in [1.54, 1.807) is 7.11 Å². The summed E-state index contributed by atoms with van der Waals surface area (Å²) in [5.74, 6) is 1.58. The van der Waals surface area contributed by atoms with Gasteiger partial charge in [-0.1, -0.05) is 12.1 Å². The second kappa shape index (κ2) is 9.06. The van der Waals surface area contributed by atoms with Crippen LogP contribution in [0.5, 0.6) is 11.5 Å². The van der Waals surface area contributed by atoms with Gasteiger partial charge in [-0.2, -0.15) is 0 Å². The fourth-order valence-electron chi connectivity index (χ4n) is 3.53. The van der Waals surface area contributed by atoms with E-state index in [-0.39, 0.29) is 5.56 Å². The van der Waals surface area contributed by atoms with Gasteiger partial charge in [-0.25, -0.2) is 4.98 Å². The van der Waals surface area contributed by atoms with Crippen molar-refractivity contribution in [1.29, 1.82) is 0 Å². The maximum absolute atomic E-state index is 12.6. The quantitative estimate of drug-likeness (QED) is 0.442. The Bertz CT molecular complexity index is 1210. The number of H-pyrrole nitrogens is 1. The fraction of sp³-hybridized carbons (Fsp3) is 0.250. The lowest BCUT2D eigenvalue weighted by molar-refractivity contribution is 0.281. The van der Waals surface area contributed by atoms with Crippen molar-refractivity contribution in [1.82, 2.24) is 19.4 Å². The van der Waals surface area contributed by atoms with E-state index >= 15 is 0 Å². The molecule has 0 aliphatic carbocycles. The van der Waals surface area contributed by atoms with Crippen molar-refractivity contribution in [3.63, 3.8) is 0 Å². The molecule has 0 fully saturated rings. The van der Waals surface area contributed by atoms with E-state index in [0.717, 1.165) is 41.3 Å². The van der Waals surface area contributed by atoms with E-state index in [9.17, 15) is 4.79 Å². The van der Waals surface area contributed by atoms with Gasteiger partial charge < -0.3 is 23.9 Å². The molecule has 0 saturated heterocycles. The molecule has 160 valence electrons. The van der Waals surface area contributed by atoms with E-state index in [4.69, 9.17) is 9.47 Å². The first kappa shape index (κ1) is 20.7. The maximum atomic E-state index is 12.6. The average molecular weight is 418 g/mol. The molecule has 31 heavy (non-hydrogen) atoms. The molecule has 7 nitrogen and oxygen atoms in total. The summed E-state index contributed by atoms with van der Waals surface area (Å²) in [6, 6.07) is 15.5. The molecule has 0 bridgehead atoms. The summed E-state index contributed by atoms with van der Waals surface area (Å²) in [6.45, 7) is 1.66. The largest absolute Gasteiger partial charge is 0.497 e. The van der Waals surface area contributed by atoms with Crippen LogP contribution in [0.15, 0.2) is 65.8 Å². The first-order chi connectivity index (χ1) is 15.1. The number of aromatic amines is 1. The van der Waals surface area contributed by atoms with Crippen LogP contribution in [0.2, 0.25) is 0 Å². The number of hydrogen-bond acceptors (Lipinski definition) is 5. The third-order valence-corrected chi connectivity index (χ3v) is 5.12. The van der Waals surface area contributed by atoms with Crippen molar-refractivity contribution in [2.75, 3.05) is 34.4 Å². The standard InChI is InChI=1S/C24H26N4O3/c1-27(2)13-4-14-31-20-9-5-17(6-10-20)21-15-28(18-7-11-19(30-3)12-8-18)23-22(21)25-16-26-24(23)29/h5-12,15-16H,4,13-14H2,1-3H3,(H,25,26,29). The van der Waals surface area contributed by atoms with Gasteiger partial charge in [-0.15, -0.1) is 0 Å². The van der Waals surface area contributed by atoms with Crippen molar-refractivity contribution >= 4 is 11.0 Å². The molecule has 0 aliphatic rings. The summed E-state index contributed by atoms with van der Waals surface area (Å²) in [5, 5.41) is 0. The Balaban J connectivity index is 1.66. The number of nitrogens with one attached hydrogen (secondary N) is 1. The summed E-state index contributed by atoms with van der Waals surface area (Å²) >= 11 is 0. The van der Waals surface area contributed by atoms with Gasteiger partial charge in [-0.05, 0) is 62.5 Å². The van der Waals surface area contributed by atoms with Crippen LogP contribution < -0.4 is 15.0 Å². The highest BCUT2D eigenvalue weighted by molar-refractivity contribution is 5.93. The lowest BCUT2D eigenvalue weighted by atomic mass is 10.1. The molecule has 7 heteroatoms. The minimum atomic E-state index is -0.187.